The maximum absolute atomic E-state index is 12.3. The number of esters is 1. The van der Waals surface area contributed by atoms with Gasteiger partial charge >= 0.3 is 5.97 Å². The van der Waals surface area contributed by atoms with Crippen LogP contribution in [0.1, 0.15) is 22.9 Å². The fourth-order valence-corrected chi connectivity index (χ4v) is 2.52. The van der Waals surface area contributed by atoms with Crippen LogP contribution in [0, 0.1) is 0 Å². The Balaban J connectivity index is 2.31. The average Bonchev–Trinajstić information content (AvgIpc) is 2.71. The van der Waals surface area contributed by atoms with Crippen molar-refractivity contribution in [2.45, 2.75) is 19.3 Å². The number of allylic oxidation sites excluding steroid dienone is 1. The number of aromatic nitrogens is 1. The Labute approximate surface area is 108 Å². The molecule has 3 heterocycles. The smallest absolute Gasteiger partial charge is 0.340 e. The number of hydrogen-bond acceptors (Lipinski definition) is 5. The van der Waals surface area contributed by atoms with Gasteiger partial charge in [0.15, 0.2) is 6.10 Å². The van der Waals surface area contributed by atoms with Crippen LogP contribution >= 0.6 is 0 Å². The van der Waals surface area contributed by atoms with E-state index in [1.54, 1.807) is 13.1 Å². The van der Waals surface area contributed by atoms with Gasteiger partial charge in [-0.25, -0.2) is 4.79 Å². The molecule has 1 atom stereocenters. The van der Waals surface area contributed by atoms with Gasteiger partial charge < -0.3 is 14.4 Å². The molecule has 0 saturated carbocycles. The van der Waals surface area contributed by atoms with E-state index in [4.69, 9.17) is 4.74 Å². The van der Waals surface area contributed by atoms with Gasteiger partial charge in [0.2, 0.25) is 0 Å². The van der Waals surface area contributed by atoms with E-state index in [1.807, 2.05) is 0 Å². The minimum atomic E-state index is -1.41. The molecule has 1 unspecified atom stereocenters. The van der Waals surface area contributed by atoms with Gasteiger partial charge in [-0.3, -0.25) is 9.79 Å². The molecule has 3 rings (SSSR count). The van der Waals surface area contributed by atoms with Gasteiger partial charge in [-0.1, -0.05) is 6.58 Å². The number of fused-ring (bicyclic) bond motifs is 2. The highest BCUT2D eigenvalue weighted by Gasteiger charge is 2.33. The van der Waals surface area contributed by atoms with E-state index in [0.29, 0.717) is 29.1 Å². The predicted molar refractivity (Wildman–Crippen MR) is 67.1 cm³/mol. The van der Waals surface area contributed by atoms with Crippen molar-refractivity contribution < 1.29 is 14.6 Å². The summed E-state index contributed by atoms with van der Waals surface area (Å²) in [6.45, 7) is 4.14. The highest BCUT2D eigenvalue weighted by molar-refractivity contribution is 6.13. The molecule has 1 N–H and O–H groups in total. The monoisotopic (exact) mass is 260 g/mol. The molecule has 0 saturated heterocycles. The first-order valence-electron chi connectivity index (χ1n) is 5.81. The zero-order valence-electron chi connectivity index (χ0n) is 10.3. The standard InChI is InChI=1S/C13H12N2O4/c1-6-4-15-9(10(6)14-2)3-7-8(12(15)17)5-19-13(18)11(7)16/h3,11,16H,1,4-5H2,2H3. The van der Waals surface area contributed by atoms with Crippen LogP contribution in [0.5, 0.6) is 0 Å². The number of carbonyl (C=O) groups excluding carboxylic acids is 1. The molecule has 6 nitrogen and oxygen atoms in total. The zero-order chi connectivity index (χ0) is 13.7. The summed E-state index contributed by atoms with van der Waals surface area (Å²) in [5, 5.41) is 9.83. The predicted octanol–water partition coefficient (Wildman–Crippen LogP) is -0.0728. The first-order valence-corrected chi connectivity index (χ1v) is 5.81. The number of rotatable bonds is 0. The summed E-state index contributed by atoms with van der Waals surface area (Å²) in [6, 6.07) is 1.63. The van der Waals surface area contributed by atoms with Crippen LogP contribution in [0.2, 0.25) is 0 Å². The first kappa shape index (κ1) is 11.9. The van der Waals surface area contributed by atoms with Crippen molar-refractivity contribution in [1.82, 2.24) is 4.57 Å². The Morgan fingerprint density at radius 1 is 1.53 bits per heavy atom. The lowest BCUT2D eigenvalue weighted by Crippen LogP contribution is -2.33. The summed E-state index contributed by atoms with van der Waals surface area (Å²) in [5.41, 5.74) is 2.32. The fraction of sp³-hybridized carbons (Fsp3) is 0.308. The van der Waals surface area contributed by atoms with E-state index >= 15 is 0 Å². The molecule has 0 bridgehead atoms. The maximum Gasteiger partial charge on any atom is 0.340 e. The molecule has 2 aliphatic rings. The van der Waals surface area contributed by atoms with Crippen molar-refractivity contribution in [3.05, 3.63) is 45.4 Å². The number of pyridine rings is 1. The Morgan fingerprint density at radius 3 is 2.95 bits per heavy atom. The second-order valence-electron chi connectivity index (χ2n) is 4.54. The lowest BCUT2D eigenvalue weighted by molar-refractivity contribution is -0.157. The molecule has 0 spiro atoms. The Kier molecular flexibility index (Phi) is 2.43. The molecule has 1 aromatic heterocycles. The Bertz CT molecular complexity index is 699. The summed E-state index contributed by atoms with van der Waals surface area (Å²) < 4.78 is 6.32. The quantitative estimate of drug-likeness (QED) is 0.662. The van der Waals surface area contributed by atoms with Gasteiger partial charge in [-0.15, -0.1) is 0 Å². The minimum absolute atomic E-state index is 0.102. The van der Waals surface area contributed by atoms with Crippen molar-refractivity contribution in [1.29, 1.82) is 0 Å². The van der Waals surface area contributed by atoms with Gasteiger partial charge in [0.25, 0.3) is 5.56 Å². The van der Waals surface area contributed by atoms with Crippen LogP contribution in [-0.4, -0.2) is 28.4 Å². The number of nitrogens with zero attached hydrogens (tertiary/aromatic N) is 2. The molecule has 0 aliphatic carbocycles. The van der Waals surface area contributed by atoms with E-state index in [2.05, 4.69) is 11.6 Å². The second-order valence-corrected chi connectivity index (χ2v) is 4.54. The van der Waals surface area contributed by atoms with Crippen molar-refractivity contribution in [3.63, 3.8) is 0 Å². The molecule has 0 aromatic carbocycles. The number of aliphatic hydroxyl groups is 1. The number of ether oxygens (including phenoxy) is 1. The normalized spacial score (nSPS) is 23.3. The molecular formula is C13H12N2O4. The zero-order valence-corrected chi connectivity index (χ0v) is 10.3. The molecular weight excluding hydrogens is 248 g/mol. The van der Waals surface area contributed by atoms with Crippen LogP contribution < -0.4 is 5.56 Å². The third kappa shape index (κ3) is 1.50. The molecule has 2 aliphatic heterocycles. The van der Waals surface area contributed by atoms with Crippen molar-refractivity contribution >= 4 is 11.7 Å². The number of aliphatic imine (C=N–C) groups is 1. The number of carbonyl (C=O) groups is 1. The van der Waals surface area contributed by atoms with Gasteiger partial charge in [-0.2, -0.15) is 0 Å². The van der Waals surface area contributed by atoms with Crippen molar-refractivity contribution in [2.75, 3.05) is 7.05 Å². The molecule has 0 amide bonds. The van der Waals surface area contributed by atoms with Crippen LogP contribution in [0.25, 0.3) is 0 Å². The molecule has 19 heavy (non-hydrogen) atoms. The van der Waals surface area contributed by atoms with E-state index in [0.717, 1.165) is 5.57 Å². The summed E-state index contributed by atoms with van der Waals surface area (Å²) in [4.78, 5) is 27.8. The first-order chi connectivity index (χ1) is 9.04. The topological polar surface area (TPSA) is 80.9 Å². The number of cyclic esters (lactones) is 1. The molecule has 98 valence electrons. The summed E-state index contributed by atoms with van der Waals surface area (Å²) >= 11 is 0. The number of aliphatic hydroxyl groups excluding tert-OH is 1. The Morgan fingerprint density at radius 2 is 2.26 bits per heavy atom. The fourth-order valence-electron chi connectivity index (χ4n) is 2.52. The highest BCUT2D eigenvalue weighted by atomic mass is 16.5. The molecule has 0 fully saturated rings. The average molecular weight is 260 g/mol. The summed E-state index contributed by atoms with van der Waals surface area (Å²) in [6.07, 6.45) is -1.41. The van der Waals surface area contributed by atoms with Gasteiger partial charge in [-0.05, 0) is 11.6 Å². The van der Waals surface area contributed by atoms with Gasteiger partial charge in [0.1, 0.15) is 6.61 Å². The van der Waals surface area contributed by atoms with Crippen LogP contribution in [0.15, 0.2) is 28.0 Å². The van der Waals surface area contributed by atoms with Crippen LogP contribution in [0.4, 0.5) is 0 Å². The maximum atomic E-state index is 12.3. The lowest BCUT2D eigenvalue weighted by atomic mass is 10.0. The Hall–Kier alpha value is -2.21. The SMILES string of the molecule is C=C1Cn2c(cc3c(c2=O)COC(=O)C3O)C1=NC. The highest BCUT2D eigenvalue weighted by Crippen LogP contribution is 2.27. The molecule has 0 radical (unpaired) electrons. The van der Waals surface area contributed by atoms with E-state index < -0.39 is 12.1 Å². The summed E-state index contributed by atoms with van der Waals surface area (Å²) in [5.74, 6) is -0.733. The third-order valence-electron chi connectivity index (χ3n) is 3.46. The largest absolute Gasteiger partial charge is 0.458 e. The van der Waals surface area contributed by atoms with Crippen molar-refractivity contribution in [2.24, 2.45) is 4.99 Å². The van der Waals surface area contributed by atoms with Gasteiger partial charge in [0, 0.05) is 12.6 Å². The molecule has 6 heteroatoms. The molecule has 1 aromatic rings. The third-order valence-corrected chi connectivity index (χ3v) is 3.46. The van der Waals surface area contributed by atoms with Gasteiger partial charge in [0.05, 0.1) is 23.5 Å². The van der Waals surface area contributed by atoms with Crippen molar-refractivity contribution in [3.8, 4) is 0 Å². The lowest BCUT2D eigenvalue weighted by Gasteiger charge is -2.21. The number of hydrogen-bond donors (Lipinski definition) is 1. The van der Waals surface area contributed by atoms with Crippen LogP contribution in [0.3, 0.4) is 0 Å². The van der Waals surface area contributed by atoms with E-state index in [1.165, 1.54) is 4.57 Å². The minimum Gasteiger partial charge on any atom is -0.458 e. The second kappa shape index (κ2) is 3.89. The van der Waals surface area contributed by atoms with E-state index in [9.17, 15) is 14.7 Å². The van der Waals surface area contributed by atoms with Crippen LogP contribution in [-0.2, 0) is 22.7 Å². The summed E-state index contributed by atoms with van der Waals surface area (Å²) in [7, 11) is 1.62. The van der Waals surface area contributed by atoms with E-state index in [-0.39, 0.29) is 12.2 Å².